The maximum Gasteiger partial charge on any atom is 0.322 e. The van der Waals surface area contributed by atoms with Gasteiger partial charge in [0.25, 0.3) is 0 Å². The van der Waals surface area contributed by atoms with Crippen molar-refractivity contribution in [2.45, 2.75) is 12.8 Å². The second kappa shape index (κ2) is 10.7. The van der Waals surface area contributed by atoms with E-state index >= 15 is 0 Å². The van der Waals surface area contributed by atoms with Gasteiger partial charge >= 0.3 is 12.0 Å². The molecule has 0 aromatic rings. The second-order valence-corrected chi connectivity index (χ2v) is 4.47. The number of hydrogen-bond acceptors (Lipinski definition) is 4. The Bertz CT molecular complexity index is 286. The maximum absolute atomic E-state index is 11.2. The summed E-state index contributed by atoms with van der Waals surface area (Å²) in [4.78, 5) is 32.4. The number of rotatable bonds is 9. The van der Waals surface area contributed by atoms with Crippen molar-refractivity contribution in [1.29, 1.82) is 0 Å². The van der Waals surface area contributed by atoms with Crippen molar-refractivity contribution in [1.82, 2.24) is 16.0 Å². The van der Waals surface area contributed by atoms with Crippen LogP contribution in [0.1, 0.15) is 12.8 Å². The van der Waals surface area contributed by atoms with Gasteiger partial charge in [-0.05, 0) is 24.9 Å². The van der Waals surface area contributed by atoms with E-state index in [4.69, 9.17) is 5.11 Å². The number of carbonyl (C=O) groups excluding carboxylic acids is 2. The lowest BCUT2D eigenvalue weighted by atomic mass is 10.3. The van der Waals surface area contributed by atoms with E-state index in [-0.39, 0.29) is 6.54 Å². The van der Waals surface area contributed by atoms with E-state index in [0.29, 0.717) is 6.54 Å². The summed E-state index contributed by atoms with van der Waals surface area (Å²) in [6.07, 6.45) is 3.94. The van der Waals surface area contributed by atoms with Gasteiger partial charge in [0.2, 0.25) is 5.91 Å². The van der Waals surface area contributed by atoms with Crippen LogP contribution in [0.3, 0.4) is 0 Å². The van der Waals surface area contributed by atoms with Gasteiger partial charge in [-0.2, -0.15) is 11.8 Å². The van der Waals surface area contributed by atoms with E-state index in [9.17, 15) is 14.4 Å². The van der Waals surface area contributed by atoms with Crippen LogP contribution >= 0.6 is 11.8 Å². The van der Waals surface area contributed by atoms with Gasteiger partial charge in [-0.25, -0.2) is 4.79 Å². The van der Waals surface area contributed by atoms with Gasteiger partial charge < -0.3 is 21.1 Å². The largest absolute Gasteiger partial charge is 0.480 e. The minimum absolute atomic E-state index is 0.232. The summed E-state index contributed by atoms with van der Waals surface area (Å²) in [6, 6.07) is -0.426. The molecule has 104 valence electrons. The predicted octanol–water partition coefficient (Wildman–Crippen LogP) is -0.370. The fourth-order valence-electron chi connectivity index (χ4n) is 1.03. The van der Waals surface area contributed by atoms with Crippen molar-refractivity contribution in [2.75, 3.05) is 31.6 Å². The van der Waals surface area contributed by atoms with E-state index in [2.05, 4.69) is 16.0 Å². The Labute approximate surface area is 110 Å². The van der Waals surface area contributed by atoms with E-state index in [1.807, 2.05) is 6.26 Å². The number of carbonyl (C=O) groups is 3. The molecule has 3 amide bonds. The SMILES string of the molecule is CSCCCCNC(=O)NCC(=O)NCC(=O)O. The summed E-state index contributed by atoms with van der Waals surface area (Å²) in [6.45, 7) is -0.121. The van der Waals surface area contributed by atoms with E-state index in [0.717, 1.165) is 18.6 Å². The molecule has 0 heterocycles. The molecule has 0 rings (SSSR count). The van der Waals surface area contributed by atoms with Gasteiger partial charge in [0.05, 0.1) is 6.54 Å². The molecule has 0 aliphatic carbocycles. The van der Waals surface area contributed by atoms with Crippen LogP contribution in [0, 0.1) is 0 Å². The van der Waals surface area contributed by atoms with Crippen LogP contribution in [0.2, 0.25) is 0 Å². The van der Waals surface area contributed by atoms with Gasteiger partial charge in [-0.1, -0.05) is 0 Å². The normalized spacial score (nSPS) is 9.61. The van der Waals surface area contributed by atoms with Crippen LogP contribution in [-0.2, 0) is 9.59 Å². The first-order valence-corrected chi connectivity index (χ1v) is 6.94. The summed E-state index contributed by atoms with van der Waals surface area (Å²) >= 11 is 1.75. The monoisotopic (exact) mass is 277 g/mol. The molecule has 0 atom stereocenters. The van der Waals surface area contributed by atoms with Crippen molar-refractivity contribution in [3.8, 4) is 0 Å². The number of hydrogen-bond donors (Lipinski definition) is 4. The summed E-state index contributed by atoms with van der Waals surface area (Å²) in [5.74, 6) is -0.600. The number of aliphatic carboxylic acids is 1. The number of carboxylic acid groups (broad SMARTS) is 1. The highest BCUT2D eigenvalue weighted by atomic mass is 32.2. The Morgan fingerprint density at radius 1 is 1.06 bits per heavy atom. The Morgan fingerprint density at radius 3 is 2.39 bits per heavy atom. The van der Waals surface area contributed by atoms with Gasteiger partial charge in [-0.3, -0.25) is 9.59 Å². The van der Waals surface area contributed by atoms with E-state index in [1.165, 1.54) is 0 Å². The van der Waals surface area contributed by atoms with Crippen molar-refractivity contribution in [2.24, 2.45) is 0 Å². The van der Waals surface area contributed by atoms with Crippen molar-refractivity contribution in [3.63, 3.8) is 0 Å². The molecule has 0 unspecified atom stereocenters. The molecule has 8 heteroatoms. The highest BCUT2D eigenvalue weighted by Crippen LogP contribution is 1.97. The Kier molecular flexibility index (Phi) is 9.84. The lowest BCUT2D eigenvalue weighted by Crippen LogP contribution is -2.43. The van der Waals surface area contributed by atoms with Crippen LogP contribution in [0.5, 0.6) is 0 Å². The summed E-state index contributed by atoms with van der Waals surface area (Å²) in [5, 5.41) is 15.4. The first kappa shape index (κ1) is 16.6. The zero-order valence-electron chi connectivity index (χ0n) is 10.3. The minimum atomic E-state index is -1.12. The molecular formula is C10H19N3O4S. The zero-order valence-corrected chi connectivity index (χ0v) is 11.1. The molecule has 0 fully saturated rings. The maximum atomic E-state index is 11.2. The molecule has 0 aliphatic heterocycles. The van der Waals surface area contributed by atoms with Crippen LogP contribution in [0.25, 0.3) is 0 Å². The van der Waals surface area contributed by atoms with Crippen molar-refractivity contribution < 1.29 is 19.5 Å². The van der Waals surface area contributed by atoms with Crippen LogP contribution in [-0.4, -0.2) is 54.7 Å². The topological polar surface area (TPSA) is 108 Å². The Hall–Kier alpha value is -1.44. The van der Waals surface area contributed by atoms with Crippen LogP contribution < -0.4 is 16.0 Å². The van der Waals surface area contributed by atoms with Crippen molar-refractivity contribution in [3.05, 3.63) is 0 Å². The molecule has 18 heavy (non-hydrogen) atoms. The standard InChI is InChI=1S/C10H19N3O4S/c1-18-5-3-2-4-11-10(17)13-6-8(14)12-7-9(15)16/h2-7H2,1H3,(H,12,14)(H,15,16)(H2,11,13,17). The fourth-order valence-corrected chi connectivity index (χ4v) is 1.53. The average molecular weight is 277 g/mol. The number of carboxylic acids is 1. The van der Waals surface area contributed by atoms with E-state index in [1.54, 1.807) is 11.8 Å². The van der Waals surface area contributed by atoms with Crippen LogP contribution in [0.4, 0.5) is 4.79 Å². The molecule has 4 N–H and O–H groups in total. The molecule has 0 aliphatic rings. The molecule has 0 aromatic heterocycles. The number of amides is 3. The smallest absolute Gasteiger partial charge is 0.322 e. The van der Waals surface area contributed by atoms with Gasteiger partial charge in [0.1, 0.15) is 6.54 Å². The number of unbranched alkanes of at least 4 members (excludes halogenated alkanes) is 1. The third kappa shape index (κ3) is 11.1. The summed E-state index contributed by atoms with van der Waals surface area (Å²) < 4.78 is 0. The lowest BCUT2D eigenvalue weighted by Gasteiger charge is -2.07. The molecule has 0 bridgehead atoms. The summed E-state index contributed by atoms with van der Waals surface area (Å²) in [7, 11) is 0. The van der Waals surface area contributed by atoms with Gasteiger partial charge in [-0.15, -0.1) is 0 Å². The number of thioether (sulfide) groups is 1. The molecule has 0 radical (unpaired) electrons. The number of urea groups is 1. The highest BCUT2D eigenvalue weighted by molar-refractivity contribution is 7.98. The molecule has 0 aromatic carbocycles. The quantitative estimate of drug-likeness (QED) is 0.430. The average Bonchev–Trinajstić information content (AvgIpc) is 2.33. The second-order valence-electron chi connectivity index (χ2n) is 3.48. The molecule has 0 saturated carbocycles. The highest BCUT2D eigenvalue weighted by Gasteiger charge is 2.05. The third-order valence-corrected chi connectivity index (χ3v) is 2.60. The minimum Gasteiger partial charge on any atom is -0.480 e. The lowest BCUT2D eigenvalue weighted by molar-refractivity contribution is -0.137. The predicted molar refractivity (Wildman–Crippen MR) is 69.7 cm³/mol. The zero-order chi connectivity index (χ0) is 13.8. The molecule has 7 nitrogen and oxygen atoms in total. The van der Waals surface area contributed by atoms with Gasteiger partial charge in [0.15, 0.2) is 0 Å². The Morgan fingerprint density at radius 2 is 1.78 bits per heavy atom. The van der Waals surface area contributed by atoms with Crippen molar-refractivity contribution >= 4 is 29.7 Å². The van der Waals surface area contributed by atoms with E-state index < -0.39 is 24.5 Å². The molecule has 0 saturated heterocycles. The fraction of sp³-hybridized carbons (Fsp3) is 0.700. The summed E-state index contributed by atoms with van der Waals surface area (Å²) in [5.41, 5.74) is 0. The molecule has 0 spiro atoms. The molecular weight excluding hydrogens is 258 g/mol. The van der Waals surface area contributed by atoms with Gasteiger partial charge in [0, 0.05) is 6.54 Å². The van der Waals surface area contributed by atoms with Crippen LogP contribution in [0.15, 0.2) is 0 Å². The number of nitrogens with one attached hydrogen (secondary N) is 3. The Balaban J connectivity index is 3.46. The first-order valence-electron chi connectivity index (χ1n) is 5.55. The third-order valence-electron chi connectivity index (χ3n) is 1.91. The first-order chi connectivity index (χ1) is 8.56.